The number of ether oxygens (including phenoxy) is 1. The summed E-state index contributed by atoms with van der Waals surface area (Å²) >= 11 is 0. The molecule has 2 aromatic rings. The number of imidazole rings is 1. The lowest BCUT2D eigenvalue weighted by atomic mass is 10.2. The van der Waals surface area contributed by atoms with E-state index in [4.69, 9.17) is 10.5 Å². The van der Waals surface area contributed by atoms with Crippen molar-refractivity contribution in [3.63, 3.8) is 0 Å². The first-order valence-electron chi connectivity index (χ1n) is 6.82. The van der Waals surface area contributed by atoms with Crippen LogP contribution in [0.25, 0.3) is 0 Å². The summed E-state index contributed by atoms with van der Waals surface area (Å²) in [7, 11) is 1.51. The minimum absolute atomic E-state index is 0.153. The predicted molar refractivity (Wildman–Crippen MR) is 84.3 cm³/mol. The molecule has 0 atom stereocenters. The zero-order chi connectivity index (χ0) is 17.0. The Morgan fingerprint density at radius 2 is 2.26 bits per heavy atom. The third kappa shape index (κ3) is 3.96. The highest BCUT2D eigenvalue weighted by Gasteiger charge is 2.15. The lowest BCUT2D eigenvalue weighted by Crippen LogP contribution is -2.15. The second-order valence-corrected chi connectivity index (χ2v) is 4.85. The van der Waals surface area contributed by atoms with Crippen molar-refractivity contribution in [1.82, 2.24) is 9.55 Å². The van der Waals surface area contributed by atoms with Crippen molar-refractivity contribution in [2.45, 2.75) is 19.9 Å². The first-order chi connectivity index (χ1) is 10.9. The molecule has 0 radical (unpaired) electrons. The van der Waals surface area contributed by atoms with E-state index in [1.165, 1.54) is 13.3 Å². The van der Waals surface area contributed by atoms with Crippen molar-refractivity contribution in [1.29, 1.82) is 0 Å². The van der Waals surface area contributed by atoms with Crippen molar-refractivity contribution < 1.29 is 14.5 Å². The fourth-order valence-electron chi connectivity index (χ4n) is 2.06. The second kappa shape index (κ2) is 6.77. The quantitative estimate of drug-likeness (QED) is 0.474. The zero-order valence-corrected chi connectivity index (χ0v) is 12.8. The Kier molecular flexibility index (Phi) is 4.79. The summed E-state index contributed by atoms with van der Waals surface area (Å²) in [6.45, 7) is 1.94. The van der Waals surface area contributed by atoms with Gasteiger partial charge in [0.15, 0.2) is 0 Å². The molecule has 0 unspecified atom stereocenters. The molecule has 0 saturated heterocycles. The van der Waals surface area contributed by atoms with Crippen LogP contribution < -0.4 is 15.8 Å². The van der Waals surface area contributed by atoms with Gasteiger partial charge < -0.3 is 30.5 Å². The number of carbonyl (C=O) groups is 1. The number of nitrogens with zero attached hydrogens (tertiary/aromatic N) is 3. The summed E-state index contributed by atoms with van der Waals surface area (Å²) in [4.78, 5) is 25.8. The highest BCUT2D eigenvalue weighted by atomic mass is 16.6. The third-order valence-electron chi connectivity index (χ3n) is 3.24. The van der Waals surface area contributed by atoms with E-state index in [-0.39, 0.29) is 18.1 Å². The molecule has 122 valence electrons. The maximum Gasteiger partial charge on any atom is 0.381 e. The maximum atomic E-state index is 12.0. The van der Waals surface area contributed by atoms with Gasteiger partial charge >= 0.3 is 5.82 Å². The molecule has 0 aliphatic carbocycles. The van der Waals surface area contributed by atoms with E-state index in [1.54, 1.807) is 29.7 Å². The number of nitrogens with two attached hydrogens (primary N) is 1. The summed E-state index contributed by atoms with van der Waals surface area (Å²) in [5, 5.41) is 13.4. The number of nitrogen functional groups attached to an aromatic ring is 1. The van der Waals surface area contributed by atoms with Gasteiger partial charge in [0.2, 0.25) is 11.7 Å². The van der Waals surface area contributed by atoms with Gasteiger partial charge in [-0.3, -0.25) is 4.79 Å². The van der Waals surface area contributed by atoms with Crippen molar-refractivity contribution in [2.24, 2.45) is 0 Å². The molecule has 0 aliphatic rings. The summed E-state index contributed by atoms with van der Waals surface area (Å²) in [5.74, 6) is 0.554. The van der Waals surface area contributed by atoms with E-state index in [2.05, 4.69) is 10.3 Å². The van der Waals surface area contributed by atoms with Crippen LogP contribution in [0.1, 0.15) is 12.2 Å². The summed E-state index contributed by atoms with van der Waals surface area (Å²) < 4.78 is 6.61. The fourth-order valence-corrected chi connectivity index (χ4v) is 2.06. The van der Waals surface area contributed by atoms with Crippen LogP contribution in [0.5, 0.6) is 5.75 Å². The number of benzene rings is 1. The van der Waals surface area contributed by atoms with Crippen LogP contribution >= 0.6 is 0 Å². The summed E-state index contributed by atoms with van der Waals surface area (Å²) in [6.07, 6.45) is 1.47. The van der Waals surface area contributed by atoms with Crippen LogP contribution in [0.2, 0.25) is 0 Å². The predicted octanol–water partition coefficient (Wildman–Crippen LogP) is 1.72. The molecule has 3 N–H and O–H groups in total. The molecule has 9 nitrogen and oxygen atoms in total. The van der Waals surface area contributed by atoms with Gasteiger partial charge in [-0.05, 0) is 28.1 Å². The number of nitrogens with one attached hydrogen (secondary N) is 1. The number of carbonyl (C=O) groups excluding carboxylic acids is 1. The van der Waals surface area contributed by atoms with Gasteiger partial charge in [0.05, 0.1) is 12.8 Å². The Bertz CT molecular complexity index is 741. The van der Waals surface area contributed by atoms with E-state index < -0.39 is 4.92 Å². The SMILES string of the molecule is COc1ccc(NC(=O)CCn2cc([N+](=O)[O-])nc2C)cc1N. The van der Waals surface area contributed by atoms with Gasteiger partial charge in [-0.1, -0.05) is 0 Å². The number of nitro groups is 1. The lowest BCUT2D eigenvalue weighted by molar-refractivity contribution is -0.389. The number of methoxy groups -OCH3 is 1. The molecular formula is C14H17N5O4. The number of hydrogen-bond donors (Lipinski definition) is 2. The van der Waals surface area contributed by atoms with E-state index in [0.29, 0.717) is 29.5 Å². The second-order valence-electron chi connectivity index (χ2n) is 4.85. The highest BCUT2D eigenvalue weighted by molar-refractivity contribution is 5.91. The van der Waals surface area contributed by atoms with Crippen LogP contribution in [-0.4, -0.2) is 27.5 Å². The third-order valence-corrected chi connectivity index (χ3v) is 3.24. The Hall–Kier alpha value is -3.10. The number of aryl methyl sites for hydroxylation is 2. The molecule has 0 bridgehead atoms. The van der Waals surface area contributed by atoms with Crippen LogP contribution in [0, 0.1) is 17.0 Å². The summed E-state index contributed by atoms with van der Waals surface area (Å²) in [5.41, 5.74) is 6.75. The fraction of sp³-hybridized carbons (Fsp3) is 0.286. The molecular weight excluding hydrogens is 302 g/mol. The topological polar surface area (TPSA) is 125 Å². The molecule has 2 rings (SSSR count). The maximum absolute atomic E-state index is 12.0. The molecule has 0 spiro atoms. The average Bonchev–Trinajstić information content (AvgIpc) is 2.87. The van der Waals surface area contributed by atoms with Crippen molar-refractivity contribution in [3.8, 4) is 5.75 Å². The van der Waals surface area contributed by atoms with Gasteiger partial charge in [-0.25, -0.2) is 0 Å². The average molecular weight is 319 g/mol. The molecule has 1 amide bonds. The van der Waals surface area contributed by atoms with Gasteiger partial charge in [0.1, 0.15) is 11.9 Å². The summed E-state index contributed by atoms with van der Waals surface area (Å²) in [6, 6.07) is 4.94. The van der Waals surface area contributed by atoms with Gasteiger partial charge in [-0.15, -0.1) is 0 Å². The molecule has 1 heterocycles. The van der Waals surface area contributed by atoms with E-state index in [0.717, 1.165) is 0 Å². The van der Waals surface area contributed by atoms with Gasteiger partial charge in [0, 0.05) is 25.6 Å². The standard InChI is InChI=1S/C14H17N5O4/c1-9-16-13(19(21)22)8-18(9)6-5-14(20)17-10-3-4-12(23-2)11(15)7-10/h3-4,7-8H,5-6,15H2,1-2H3,(H,17,20). The highest BCUT2D eigenvalue weighted by Crippen LogP contribution is 2.24. The first kappa shape index (κ1) is 16.3. The molecule has 9 heteroatoms. The smallest absolute Gasteiger partial charge is 0.381 e. The molecule has 0 aliphatic heterocycles. The van der Waals surface area contributed by atoms with Crippen LogP contribution in [0.3, 0.4) is 0 Å². The van der Waals surface area contributed by atoms with Crippen LogP contribution in [0.15, 0.2) is 24.4 Å². The Balaban J connectivity index is 1.95. The lowest BCUT2D eigenvalue weighted by Gasteiger charge is -2.09. The van der Waals surface area contributed by atoms with Crippen molar-refractivity contribution in [3.05, 3.63) is 40.3 Å². The van der Waals surface area contributed by atoms with Crippen LogP contribution in [-0.2, 0) is 11.3 Å². The Labute approximate surface area is 132 Å². The monoisotopic (exact) mass is 319 g/mol. The number of hydrogen-bond acceptors (Lipinski definition) is 6. The molecule has 0 fully saturated rings. The normalized spacial score (nSPS) is 10.3. The Morgan fingerprint density at radius 1 is 1.52 bits per heavy atom. The molecule has 1 aromatic carbocycles. The molecule has 23 heavy (non-hydrogen) atoms. The number of rotatable bonds is 6. The van der Waals surface area contributed by atoms with Crippen LogP contribution in [0.4, 0.5) is 17.2 Å². The first-order valence-corrected chi connectivity index (χ1v) is 6.82. The van der Waals surface area contributed by atoms with E-state index >= 15 is 0 Å². The minimum atomic E-state index is -0.566. The number of aromatic nitrogens is 2. The van der Waals surface area contributed by atoms with Crippen molar-refractivity contribution >= 4 is 23.1 Å². The number of amides is 1. The Morgan fingerprint density at radius 3 is 2.83 bits per heavy atom. The largest absolute Gasteiger partial charge is 0.495 e. The minimum Gasteiger partial charge on any atom is -0.495 e. The molecule has 1 aromatic heterocycles. The number of anilines is 2. The van der Waals surface area contributed by atoms with Crippen molar-refractivity contribution in [2.75, 3.05) is 18.2 Å². The van der Waals surface area contributed by atoms with Gasteiger partial charge in [-0.2, -0.15) is 0 Å². The van der Waals surface area contributed by atoms with Gasteiger partial charge in [0.25, 0.3) is 0 Å². The van der Waals surface area contributed by atoms with E-state index in [1.807, 2.05) is 0 Å². The zero-order valence-electron chi connectivity index (χ0n) is 12.8. The van der Waals surface area contributed by atoms with E-state index in [9.17, 15) is 14.9 Å². The molecule has 0 saturated carbocycles.